The lowest BCUT2D eigenvalue weighted by Crippen LogP contribution is -2.05. The zero-order valence-corrected chi connectivity index (χ0v) is 13.9. The Morgan fingerprint density at radius 1 is 1.00 bits per heavy atom. The van der Waals surface area contributed by atoms with Gasteiger partial charge in [-0.3, -0.25) is 0 Å². The molecule has 0 heterocycles. The van der Waals surface area contributed by atoms with E-state index < -0.39 is 0 Å². The summed E-state index contributed by atoms with van der Waals surface area (Å²) in [5.41, 5.74) is 2.99. The summed E-state index contributed by atoms with van der Waals surface area (Å²) in [7, 11) is 0. The quantitative estimate of drug-likeness (QED) is 0.827. The molecule has 2 aromatic carbocycles. The maximum atomic E-state index is 13.1. The fraction of sp³-hybridized carbons (Fsp3) is 0.278. The van der Waals surface area contributed by atoms with E-state index in [-0.39, 0.29) is 18.1 Å². The van der Waals surface area contributed by atoms with Gasteiger partial charge in [-0.05, 0) is 60.9 Å². The molecule has 0 fully saturated rings. The Labute approximate surface area is 140 Å². The van der Waals surface area contributed by atoms with E-state index in [0.29, 0.717) is 24.1 Å². The molecule has 23 heavy (non-hydrogen) atoms. The number of rotatable bonds is 4. The Hall–Kier alpha value is -1.96. The highest BCUT2D eigenvalue weighted by molar-refractivity contribution is 6.13. The van der Waals surface area contributed by atoms with Crippen molar-refractivity contribution in [2.75, 3.05) is 6.54 Å². The van der Waals surface area contributed by atoms with Crippen LogP contribution in [-0.2, 0) is 12.8 Å². The number of nitriles is 1. The smallest absolute Gasteiger partial charge is 0.127 e. The molecule has 0 unspecified atom stereocenters. The molecule has 2 rings (SSSR count). The lowest BCUT2D eigenvalue weighted by Gasteiger charge is -2.02. The Kier molecular flexibility index (Phi) is 8.25. The fourth-order valence-electron chi connectivity index (χ4n) is 1.92. The van der Waals surface area contributed by atoms with Crippen molar-refractivity contribution in [3.05, 3.63) is 70.3 Å². The van der Waals surface area contributed by atoms with E-state index >= 15 is 0 Å². The maximum Gasteiger partial charge on any atom is 0.127 e. The molecule has 0 aliphatic carbocycles. The van der Waals surface area contributed by atoms with E-state index in [0.717, 1.165) is 11.1 Å². The Morgan fingerprint density at radius 2 is 1.52 bits per heavy atom. The summed E-state index contributed by atoms with van der Waals surface area (Å²) >= 11 is 5.26. The standard InChI is InChI=1S/C9H11ClFN.C9H8FN/c1-7-2-3-8(4-5-12-10)9(11)6-7;1-7-2-3-8(4-5-11)9(10)6-7/h2-3,6,12H,4-5H2,1H3;2-3,6H,4H2,1H3. The van der Waals surface area contributed by atoms with E-state index in [1.165, 1.54) is 12.1 Å². The van der Waals surface area contributed by atoms with E-state index in [1.807, 2.05) is 26.0 Å². The summed E-state index contributed by atoms with van der Waals surface area (Å²) < 4.78 is 26.0. The number of aryl methyl sites for hydroxylation is 2. The predicted molar refractivity (Wildman–Crippen MR) is 89.2 cm³/mol. The number of nitrogens with one attached hydrogen (secondary N) is 1. The second-order valence-electron chi connectivity index (χ2n) is 5.16. The van der Waals surface area contributed by atoms with Crippen molar-refractivity contribution in [2.24, 2.45) is 0 Å². The van der Waals surface area contributed by atoms with Crippen LogP contribution in [0.4, 0.5) is 8.78 Å². The van der Waals surface area contributed by atoms with Crippen LogP contribution < -0.4 is 4.84 Å². The number of halogens is 3. The van der Waals surface area contributed by atoms with Gasteiger partial charge in [-0.15, -0.1) is 0 Å². The normalized spacial score (nSPS) is 9.74. The van der Waals surface area contributed by atoms with Gasteiger partial charge in [0.05, 0.1) is 12.5 Å². The second-order valence-corrected chi connectivity index (χ2v) is 5.43. The van der Waals surface area contributed by atoms with Gasteiger partial charge >= 0.3 is 0 Å². The first-order valence-corrected chi connectivity index (χ1v) is 7.56. The third kappa shape index (κ3) is 6.77. The minimum absolute atomic E-state index is 0.145. The molecule has 0 aliphatic heterocycles. The van der Waals surface area contributed by atoms with Crippen molar-refractivity contribution < 1.29 is 8.78 Å². The molecule has 0 spiro atoms. The van der Waals surface area contributed by atoms with Gasteiger partial charge in [-0.2, -0.15) is 5.26 Å². The summed E-state index contributed by atoms with van der Waals surface area (Å²) in [6.45, 7) is 4.27. The highest BCUT2D eigenvalue weighted by Gasteiger charge is 2.01. The molecule has 0 saturated carbocycles. The van der Waals surface area contributed by atoms with Crippen LogP contribution in [0.15, 0.2) is 36.4 Å². The molecule has 0 atom stereocenters. The van der Waals surface area contributed by atoms with Gasteiger partial charge in [-0.25, -0.2) is 13.6 Å². The van der Waals surface area contributed by atoms with Crippen molar-refractivity contribution in [3.63, 3.8) is 0 Å². The summed E-state index contributed by atoms with van der Waals surface area (Å²) in [5, 5.41) is 8.30. The Morgan fingerprint density at radius 3 is 1.96 bits per heavy atom. The first kappa shape index (κ1) is 19.1. The number of benzene rings is 2. The van der Waals surface area contributed by atoms with Crippen LogP contribution in [0.2, 0.25) is 0 Å². The summed E-state index contributed by atoms with van der Waals surface area (Å²) in [6.07, 6.45) is 0.766. The lowest BCUT2D eigenvalue weighted by molar-refractivity contribution is 0.607. The van der Waals surface area contributed by atoms with Gasteiger partial charge in [0.25, 0.3) is 0 Å². The van der Waals surface area contributed by atoms with Crippen LogP contribution in [0, 0.1) is 36.8 Å². The van der Waals surface area contributed by atoms with Gasteiger partial charge in [-0.1, -0.05) is 24.3 Å². The number of hydrogen-bond acceptors (Lipinski definition) is 2. The summed E-state index contributed by atoms with van der Waals surface area (Å²) in [6, 6.07) is 12.0. The number of nitrogens with zero attached hydrogens (tertiary/aromatic N) is 1. The topological polar surface area (TPSA) is 35.8 Å². The third-order valence-electron chi connectivity index (χ3n) is 3.18. The molecular weight excluding hydrogens is 318 g/mol. The Balaban J connectivity index is 0.000000231. The van der Waals surface area contributed by atoms with Crippen LogP contribution in [0.1, 0.15) is 22.3 Å². The van der Waals surface area contributed by atoms with Crippen molar-refractivity contribution >= 4 is 11.8 Å². The molecule has 2 aromatic rings. The highest BCUT2D eigenvalue weighted by atomic mass is 35.5. The summed E-state index contributed by atoms with van der Waals surface area (Å²) in [5.74, 6) is -0.437. The van der Waals surface area contributed by atoms with Crippen LogP contribution in [0.5, 0.6) is 0 Å². The molecule has 0 aliphatic rings. The zero-order valence-electron chi connectivity index (χ0n) is 13.2. The molecule has 0 aromatic heterocycles. The van der Waals surface area contributed by atoms with Gasteiger partial charge < -0.3 is 0 Å². The third-order valence-corrected chi connectivity index (χ3v) is 3.36. The first-order valence-electron chi connectivity index (χ1n) is 7.18. The SMILES string of the molecule is Cc1ccc(CC#N)c(F)c1.Cc1ccc(CCNCl)c(F)c1. The van der Waals surface area contributed by atoms with Crippen molar-refractivity contribution in [1.29, 1.82) is 5.26 Å². The number of hydrogen-bond donors (Lipinski definition) is 1. The molecule has 0 amide bonds. The fourth-order valence-corrected chi connectivity index (χ4v) is 2.01. The summed E-state index contributed by atoms with van der Waals surface area (Å²) in [4.78, 5) is 2.46. The highest BCUT2D eigenvalue weighted by Crippen LogP contribution is 2.10. The minimum atomic E-state index is -0.286. The van der Waals surface area contributed by atoms with E-state index in [2.05, 4.69) is 4.84 Å². The van der Waals surface area contributed by atoms with E-state index in [4.69, 9.17) is 17.0 Å². The lowest BCUT2D eigenvalue weighted by atomic mass is 10.1. The molecular formula is C18H19ClF2N2. The van der Waals surface area contributed by atoms with Crippen molar-refractivity contribution in [3.8, 4) is 6.07 Å². The van der Waals surface area contributed by atoms with Crippen molar-refractivity contribution in [1.82, 2.24) is 4.84 Å². The van der Waals surface area contributed by atoms with E-state index in [9.17, 15) is 8.78 Å². The van der Waals surface area contributed by atoms with Crippen LogP contribution in [0.3, 0.4) is 0 Å². The van der Waals surface area contributed by atoms with Crippen LogP contribution in [-0.4, -0.2) is 6.54 Å². The van der Waals surface area contributed by atoms with Crippen LogP contribution in [0.25, 0.3) is 0 Å². The molecule has 0 bridgehead atoms. The monoisotopic (exact) mass is 336 g/mol. The zero-order chi connectivity index (χ0) is 17.2. The average molecular weight is 337 g/mol. The largest absolute Gasteiger partial charge is 0.233 e. The molecule has 0 radical (unpaired) electrons. The first-order chi connectivity index (χ1) is 11.0. The van der Waals surface area contributed by atoms with Gasteiger partial charge in [0, 0.05) is 12.1 Å². The second kappa shape index (κ2) is 9.94. The molecule has 2 nitrogen and oxygen atoms in total. The van der Waals surface area contributed by atoms with Crippen LogP contribution >= 0.6 is 11.8 Å². The van der Waals surface area contributed by atoms with Gasteiger partial charge in [0.1, 0.15) is 11.6 Å². The van der Waals surface area contributed by atoms with E-state index in [1.54, 1.807) is 18.2 Å². The minimum Gasteiger partial charge on any atom is -0.233 e. The van der Waals surface area contributed by atoms with Gasteiger partial charge in [0.15, 0.2) is 0 Å². The Bertz CT molecular complexity index is 681. The predicted octanol–water partition coefficient (Wildman–Crippen LogP) is 4.62. The molecule has 0 saturated heterocycles. The van der Waals surface area contributed by atoms with Gasteiger partial charge in [0.2, 0.25) is 0 Å². The molecule has 5 heteroatoms. The average Bonchev–Trinajstić information content (AvgIpc) is 2.50. The molecule has 1 N–H and O–H groups in total. The van der Waals surface area contributed by atoms with Crippen molar-refractivity contribution in [2.45, 2.75) is 26.7 Å². The molecule has 122 valence electrons. The maximum absolute atomic E-state index is 13.1.